The van der Waals surface area contributed by atoms with Gasteiger partial charge in [-0.15, -0.1) is 0 Å². The number of anilines is 1. The zero-order chi connectivity index (χ0) is 11.5. The highest BCUT2D eigenvalue weighted by molar-refractivity contribution is 8.14. The van der Waals surface area contributed by atoms with E-state index in [9.17, 15) is 9.59 Å². The Morgan fingerprint density at radius 1 is 1.19 bits per heavy atom. The first-order valence-corrected chi connectivity index (χ1v) is 5.90. The van der Waals surface area contributed by atoms with Gasteiger partial charge in [0.25, 0.3) is 0 Å². The molecule has 4 heteroatoms. The largest absolute Gasteiger partial charge is 0.284 e. The van der Waals surface area contributed by atoms with Gasteiger partial charge in [0.05, 0.1) is 5.75 Å². The minimum atomic E-state index is -0.0655. The molecule has 1 aliphatic rings. The number of thioether (sulfide) groups is 1. The zero-order valence-electron chi connectivity index (χ0n) is 8.84. The van der Waals surface area contributed by atoms with E-state index < -0.39 is 0 Å². The second-order valence-corrected chi connectivity index (χ2v) is 4.44. The second-order valence-electron chi connectivity index (χ2n) is 3.46. The molecule has 0 N–H and O–H groups in total. The van der Waals surface area contributed by atoms with Crippen LogP contribution in [-0.4, -0.2) is 16.8 Å². The highest BCUT2D eigenvalue weighted by Gasteiger charge is 2.22. The molecule has 16 heavy (non-hydrogen) atoms. The van der Waals surface area contributed by atoms with E-state index in [4.69, 9.17) is 0 Å². The van der Waals surface area contributed by atoms with Crippen molar-refractivity contribution in [1.29, 1.82) is 0 Å². The average molecular weight is 233 g/mol. The predicted molar refractivity (Wildman–Crippen MR) is 65.2 cm³/mol. The molecular formula is C12H11NO2S. The summed E-state index contributed by atoms with van der Waals surface area (Å²) in [5.74, 6) is 0.137. The van der Waals surface area contributed by atoms with Gasteiger partial charge in [-0.3, -0.25) is 14.5 Å². The third-order valence-corrected chi connectivity index (χ3v) is 3.07. The summed E-state index contributed by atoms with van der Waals surface area (Å²) in [4.78, 5) is 24.8. The van der Waals surface area contributed by atoms with Crippen molar-refractivity contribution >= 4 is 28.5 Å². The molecule has 1 aromatic carbocycles. The number of rotatable bonds is 1. The highest BCUT2D eigenvalue weighted by atomic mass is 32.2. The van der Waals surface area contributed by atoms with Crippen molar-refractivity contribution in [3.05, 3.63) is 42.1 Å². The summed E-state index contributed by atoms with van der Waals surface area (Å²) in [6.45, 7) is 1.77. The van der Waals surface area contributed by atoms with Crippen molar-refractivity contribution in [2.45, 2.75) is 6.92 Å². The number of nitrogens with zero attached hydrogens (tertiary/aromatic N) is 1. The summed E-state index contributed by atoms with van der Waals surface area (Å²) in [6.07, 6.45) is 1.50. The summed E-state index contributed by atoms with van der Waals surface area (Å²) in [7, 11) is 0. The van der Waals surface area contributed by atoms with Crippen molar-refractivity contribution in [3.8, 4) is 0 Å². The number of carbonyl (C=O) groups is 2. The van der Waals surface area contributed by atoms with Crippen LogP contribution < -0.4 is 4.90 Å². The number of amides is 1. The Morgan fingerprint density at radius 2 is 1.88 bits per heavy atom. The molecule has 0 fully saturated rings. The maximum absolute atomic E-state index is 11.9. The maximum atomic E-state index is 11.9. The summed E-state index contributed by atoms with van der Waals surface area (Å²) >= 11 is 1.04. The number of benzene rings is 1. The molecule has 82 valence electrons. The molecule has 1 aromatic rings. The molecule has 0 atom stereocenters. The van der Waals surface area contributed by atoms with Gasteiger partial charge in [-0.1, -0.05) is 30.0 Å². The summed E-state index contributed by atoms with van der Waals surface area (Å²) in [5.41, 5.74) is 1.47. The Kier molecular flexibility index (Phi) is 3.10. The molecule has 0 radical (unpaired) electrons. The van der Waals surface area contributed by atoms with E-state index in [0.717, 1.165) is 17.4 Å². The molecule has 0 spiro atoms. The zero-order valence-corrected chi connectivity index (χ0v) is 9.66. The van der Waals surface area contributed by atoms with Crippen LogP contribution in [0.2, 0.25) is 0 Å². The molecule has 1 aliphatic heterocycles. The van der Waals surface area contributed by atoms with E-state index >= 15 is 0 Å². The molecule has 1 heterocycles. The van der Waals surface area contributed by atoms with Gasteiger partial charge in [0.15, 0.2) is 0 Å². The van der Waals surface area contributed by atoms with Gasteiger partial charge in [-0.25, -0.2) is 0 Å². The lowest BCUT2D eigenvalue weighted by molar-refractivity contribution is -0.115. The Labute approximate surface area is 98.1 Å². The Morgan fingerprint density at radius 3 is 2.56 bits per heavy atom. The molecule has 0 saturated heterocycles. The SMILES string of the molecule is CC1=CC(=O)SCC(=O)N1c1ccccc1. The minimum Gasteiger partial charge on any atom is -0.284 e. The van der Waals surface area contributed by atoms with Gasteiger partial charge in [-0.2, -0.15) is 0 Å². The van der Waals surface area contributed by atoms with Crippen LogP contribution in [0.4, 0.5) is 5.69 Å². The van der Waals surface area contributed by atoms with E-state index in [1.165, 1.54) is 6.08 Å². The molecule has 0 aliphatic carbocycles. The third-order valence-electron chi connectivity index (χ3n) is 2.28. The molecule has 0 aromatic heterocycles. The first kappa shape index (κ1) is 11.0. The van der Waals surface area contributed by atoms with Gasteiger partial charge in [0.1, 0.15) is 0 Å². The Bertz CT molecular complexity index is 453. The highest BCUT2D eigenvalue weighted by Crippen LogP contribution is 2.23. The van der Waals surface area contributed by atoms with Crippen LogP contribution in [0.5, 0.6) is 0 Å². The predicted octanol–water partition coefficient (Wildman–Crippen LogP) is 2.20. The third kappa shape index (κ3) is 2.17. The van der Waals surface area contributed by atoms with Gasteiger partial charge < -0.3 is 0 Å². The maximum Gasteiger partial charge on any atom is 0.241 e. The fourth-order valence-electron chi connectivity index (χ4n) is 1.60. The standard InChI is InChI=1S/C12H11NO2S/c1-9-7-12(15)16-8-11(14)13(9)10-5-3-2-4-6-10/h2-7H,8H2,1H3. The lowest BCUT2D eigenvalue weighted by Gasteiger charge is -2.21. The van der Waals surface area contributed by atoms with Crippen molar-refractivity contribution < 1.29 is 9.59 Å². The molecule has 2 rings (SSSR count). The van der Waals surface area contributed by atoms with Gasteiger partial charge in [0.2, 0.25) is 11.0 Å². The normalized spacial score (nSPS) is 17.1. The minimum absolute atomic E-state index is 0.0594. The van der Waals surface area contributed by atoms with Gasteiger partial charge in [-0.05, 0) is 19.1 Å². The van der Waals surface area contributed by atoms with Gasteiger partial charge in [0, 0.05) is 17.5 Å². The number of hydrogen-bond donors (Lipinski definition) is 0. The fraction of sp³-hybridized carbons (Fsp3) is 0.167. The van der Waals surface area contributed by atoms with Crippen LogP contribution in [0.25, 0.3) is 0 Å². The number of carbonyl (C=O) groups excluding carboxylic acids is 2. The van der Waals surface area contributed by atoms with Crippen LogP contribution in [-0.2, 0) is 9.59 Å². The van der Waals surface area contributed by atoms with Crippen LogP contribution >= 0.6 is 11.8 Å². The molecule has 0 saturated carbocycles. The smallest absolute Gasteiger partial charge is 0.241 e. The molecule has 0 bridgehead atoms. The molecular weight excluding hydrogens is 222 g/mol. The van der Waals surface area contributed by atoms with Crippen molar-refractivity contribution in [2.75, 3.05) is 10.7 Å². The Balaban J connectivity index is 2.41. The lowest BCUT2D eigenvalue weighted by Crippen LogP contribution is -2.29. The first-order chi connectivity index (χ1) is 7.68. The van der Waals surface area contributed by atoms with Crippen molar-refractivity contribution in [1.82, 2.24) is 0 Å². The Hall–Kier alpha value is -1.55. The number of allylic oxidation sites excluding steroid dienone is 1. The summed E-state index contributed by atoms with van der Waals surface area (Å²) < 4.78 is 0. The fourth-order valence-corrected chi connectivity index (χ4v) is 2.24. The second kappa shape index (κ2) is 4.53. The van der Waals surface area contributed by atoms with E-state index in [1.54, 1.807) is 11.8 Å². The molecule has 0 unspecified atom stereocenters. The van der Waals surface area contributed by atoms with E-state index in [2.05, 4.69) is 0 Å². The van der Waals surface area contributed by atoms with E-state index in [1.807, 2.05) is 30.3 Å². The number of hydrogen-bond acceptors (Lipinski definition) is 3. The first-order valence-electron chi connectivity index (χ1n) is 4.91. The van der Waals surface area contributed by atoms with Crippen LogP contribution in [0, 0.1) is 0 Å². The lowest BCUT2D eigenvalue weighted by atomic mass is 10.2. The van der Waals surface area contributed by atoms with Crippen molar-refractivity contribution in [3.63, 3.8) is 0 Å². The van der Waals surface area contributed by atoms with Crippen LogP contribution in [0.1, 0.15) is 6.92 Å². The van der Waals surface area contributed by atoms with Gasteiger partial charge >= 0.3 is 0 Å². The van der Waals surface area contributed by atoms with E-state index in [-0.39, 0.29) is 16.8 Å². The monoisotopic (exact) mass is 233 g/mol. The summed E-state index contributed by atoms with van der Waals surface area (Å²) in [6, 6.07) is 9.35. The van der Waals surface area contributed by atoms with Crippen LogP contribution in [0.3, 0.4) is 0 Å². The number of para-hydroxylation sites is 1. The topological polar surface area (TPSA) is 37.4 Å². The summed E-state index contributed by atoms with van der Waals surface area (Å²) in [5, 5.41) is -0.0655. The van der Waals surface area contributed by atoms with Crippen LogP contribution in [0.15, 0.2) is 42.1 Å². The quantitative estimate of drug-likeness (QED) is 0.746. The van der Waals surface area contributed by atoms with Crippen molar-refractivity contribution in [2.24, 2.45) is 0 Å². The molecule has 3 nitrogen and oxygen atoms in total. The molecule has 1 amide bonds. The average Bonchev–Trinajstić information content (AvgIpc) is 2.39. The van der Waals surface area contributed by atoms with E-state index in [0.29, 0.717) is 5.70 Å².